The van der Waals surface area contributed by atoms with Crippen molar-refractivity contribution in [1.29, 1.82) is 0 Å². The second-order valence-electron chi connectivity index (χ2n) is 5.38. The van der Waals surface area contributed by atoms with Crippen LogP contribution in [0.1, 0.15) is 19.5 Å². The second kappa shape index (κ2) is 5.11. The lowest BCUT2D eigenvalue weighted by Crippen LogP contribution is -2.54. The van der Waals surface area contributed by atoms with E-state index in [1.807, 2.05) is 18.7 Å². The molecule has 1 aromatic rings. The van der Waals surface area contributed by atoms with Crippen molar-refractivity contribution in [2.75, 3.05) is 30.3 Å². The fourth-order valence-electron chi connectivity index (χ4n) is 2.33. The first-order valence-electron chi connectivity index (χ1n) is 6.15. The van der Waals surface area contributed by atoms with E-state index >= 15 is 0 Å². The molecule has 1 unspecified atom stereocenters. The topological polar surface area (TPSA) is 84.5 Å². The summed E-state index contributed by atoms with van der Waals surface area (Å²) in [6, 6.07) is 0. The van der Waals surface area contributed by atoms with E-state index in [2.05, 4.69) is 9.97 Å². The molecule has 1 saturated heterocycles. The summed E-state index contributed by atoms with van der Waals surface area (Å²) >= 11 is 5.90. The van der Waals surface area contributed by atoms with Crippen molar-refractivity contribution >= 4 is 23.1 Å². The van der Waals surface area contributed by atoms with E-state index in [9.17, 15) is 5.11 Å². The zero-order valence-electron chi connectivity index (χ0n) is 11.4. The largest absolute Gasteiger partial charge is 0.394 e. The molecule has 1 atom stereocenters. The summed E-state index contributed by atoms with van der Waals surface area (Å²) in [7, 11) is 0. The van der Waals surface area contributed by atoms with E-state index in [0.717, 1.165) is 0 Å². The molecule has 0 amide bonds. The van der Waals surface area contributed by atoms with Gasteiger partial charge in [-0.1, -0.05) is 0 Å². The number of anilines is 2. The van der Waals surface area contributed by atoms with Crippen LogP contribution in [0.25, 0.3) is 0 Å². The van der Waals surface area contributed by atoms with Gasteiger partial charge in [-0.2, -0.15) is 4.98 Å². The van der Waals surface area contributed by atoms with Crippen molar-refractivity contribution < 1.29 is 9.84 Å². The predicted molar refractivity (Wildman–Crippen MR) is 74.4 cm³/mol. The molecule has 19 heavy (non-hydrogen) atoms. The van der Waals surface area contributed by atoms with Crippen molar-refractivity contribution in [2.24, 2.45) is 0 Å². The summed E-state index contributed by atoms with van der Waals surface area (Å²) in [5.41, 5.74) is 6.81. The van der Waals surface area contributed by atoms with Crippen LogP contribution in [0.4, 0.5) is 11.5 Å². The number of halogens is 1. The normalized spacial score (nSPS) is 22.6. The molecule has 0 spiro atoms. The maximum absolute atomic E-state index is 9.32. The Kier molecular flexibility index (Phi) is 3.85. The minimum atomic E-state index is -0.385. The number of aromatic nitrogens is 2. The van der Waals surface area contributed by atoms with Gasteiger partial charge in [0.2, 0.25) is 5.28 Å². The molecule has 2 rings (SSSR count). The minimum absolute atomic E-state index is 0.0440. The van der Waals surface area contributed by atoms with Gasteiger partial charge in [-0.15, -0.1) is 0 Å². The summed E-state index contributed by atoms with van der Waals surface area (Å²) in [6.07, 6.45) is -0.266. The van der Waals surface area contributed by atoms with Crippen LogP contribution in [0.2, 0.25) is 5.28 Å². The average molecular weight is 287 g/mol. The van der Waals surface area contributed by atoms with Gasteiger partial charge < -0.3 is 20.5 Å². The Hall–Kier alpha value is -1.11. The molecule has 0 aromatic carbocycles. The molecule has 0 radical (unpaired) electrons. The van der Waals surface area contributed by atoms with E-state index in [4.69, 9.17) is 22.1 Å². The lowest BCUT2D eigenvalue weighted by Gasteiger charge is -2.43. The molecule has 7 heteroatoms. The van der Waals surface area contributed by atoms with E-state index < -0.39 is 0 Å². The summed E-state index contributed by atoms with van der Waals surface area (Å²) in [6.45, 7) is 6.83. The minimum Gasteiger partial charge on any atom is -0.394 e. The Morgan fingerprint density at radius 3 is 2.84 bits per heavy atom. The number of aliphatic hydroxyl groups excluding tert-OH is 1. The van der Waals surface area contributed by atoms with Crippen LogP contribution in [-0.2, 0) is 4.74 Å². The molecule has 0 aliphatic carbocycles. The van der Waals surface area contributed by atoms with Crippen molar-refractivity contribution in [3.05, 3.63) is 11.0 Å². The molecule has 2 heterocycles. The summed E-state index contributed by atoms with van der Waals surface area (Å²) in [5, 5.41) is 9.50. The monoisotopic (exact) mass is 286 g/mol. The van der Waals surface area contributed by atoms with Crippen LogP contribution in [-0.4, -0.2) is 46.5 Å². The quantitative estimate of drug-likeness (QED) is 0.789. The maximum atomic E-state index is 9.32. The van der Waals surface area contributed by atoms with E-state index in [1.54, 1.807) is 6.92 Å². The SMILES string of the molecule is Cc1nc(Cl)nc(N2CC(CO)OC(C)(C)C2)c1N. The smallest absolute Gasteiger partial charge is 0.224 e. The number of ether oxygens (including phenoxy) is 1. The van der Waals surface area contributed by atoms with Crippen LogP contribution in [0.15, 0.2) is 0 Å². The summed E-state index contributed by atoms with van der Waals surface area (Å²) in [4.78, 5) is 10.2. The van der Waals surface area contributed by atoms with E-state index in [0.29, 0.717) is 30.3 Å². The average Bonchev–Trinajstić information content (AvgIpc) is 2.31. The predicted octanol–water partition coefficient (Wildman–Crippen LogP) is 0.997. The van der Waals surface area contributed by atoms with Crippen LogP contribution in [0.5, 0.6) is 0 Å². The number of nitrogen functional groups attached to an aromatic ring is 1. The fraction of sp³-hybridized carbons (Fsp3) is 0.667. The van der Waals surface area contributed by atoms with Gasteiger partial charge in [-0.05, 0) is 32.4 Å². The molecular weight excluding hydrogens is 268 g/mol. The van der Waals surface area contributed by atoms with Gasteiger partial charge in [0.05, 0.1) is 29.7 Å². The van der Waals surface area contributed by atoms with Gasteiger partial charge in [0, 0.05) is 13.1 Å². The third kappa shape index (κ3) is 3.08. The molecule has 106 valence electrons. The Morgan fingerprint density at radius 1 is 1.53 bits per heavy atom. The Balaban J connectivity index is 2.35. The van der Waals surface area contributed by atoms with Crippen LogP contribution in [0.3, 0.4) is 0 Å². The Morgan fingerprint density at radius 2 is 2.21 bits per heavy atom. The number of nitrogens with two attached hydrogens (primary N) is 1. The van der Waals surface area contributed by atoms with Gasteiger partial charge in [0.15, 0.2) is 5.82 Å². The van der Waals surface area contributed by atoms with Gasteiger partial charge in [0.1, 0.15) is 0 Å². The first kappa shape index (κ1) is 14.3. The molecular formula is C12H19ClN4O2. The molecule has 1 aliphatic heterocycles. The van der Waals surface area contributed by atoms with E-state index in [1.165, 1.54) is 0 Å². The third-order valence-electron chi connectivity index (χ3n) is 3.07. The van der Waals surface area contributed by atoms with Gasteiger partial charge in [0.25, 0.3) is 0 Å². The lowest BCUT2D eigenvalue weighted by atomic mass is 10.1. The molecule has 1 aromatic heterocycles. The first-order valence-corrected chi connectivity index (χ1v) is 6.53. The highest BCUT2D eigenvalue weighted by atomic mass is 35.5. The zero-order valence-corrected chi connectivity index (χ0v) is 12.1. The van der Waals surface area contributed by atoms with Crippen LogP contribution in [0, 0.1) is 6.92 Å². The third-order valence-corrected chi connectivity index (χ3v) is 3.24. The molecule has 0 bridgehead atoms. The highest BCUT2D eigenvalue weighted by molar-refractivity contribution is 6.28. The number of rotatable bonds is 2. The number of aryl methyl sites for hydroxylation is 1. The van der Waals surface area contributed by atoms with Crippen LogP contribution < -0.4 is 10.6 Å². The zero-order chi connectivity index (χ0) is 14.2. The number of aliphatic hydroxyl groups is 1. The molecule has 0 saturated carbocycles. The van der Waals surface area contributed by atoms with Gasteiger partial charge in [-0.3, -0.25) is 0 Å². The van der Waals surface area contributed by atoms with Crippen molar-refractivity contribution in [3.63, 3.8) is 0 Å². The number of hydrogen-bond acceptors (Lipinski definition) is 6. The van der Waals surface area contributed by atoms with Crippen molar-refractivity contribution in [3.8, 4) is 0 Å². The van der Waals surface area contributed by atoms with Crippen molar-refractivity contribution in [2.45, 2.75) is 32.5 Å². The Bertz CT molecular complexity index is 481. The lowest BCUT2D eigenvalue weighted by molar-refractivity contribution is -0.101. The maximum Gasteiger partial charge on any atom is 0.224 e. The molecule has 1 aliphatic rings. The number of nitrogens with zero attached hydrogens (tertiary/aromatic N) is 3. The van der Waals surface area contributed by atoms with E-state index in [-0.39, 0.29) is 23.6 Å². The number of hydrogen-bond donors (Lipinski definition) is 2. The highest BCUT2D eigenvalue weighted by Crippen LogP contribution is 2.30. The van der Waals surface area contributed by atoms with Gasteiger partial charge in [-0.25, -0.2) is 4.98 Å². The highest BCUT2D eigenvalue weighted by Gasteiger charge is 2.34. The van der Waals surface area contributed by atoms with Crippen LogP contribution >= 0.6 is 11.6 Å². The molecule has 3 N–H and O–H groups in total. The standard InChI is InChI=1S/C12H19ClN4O2/c1-7-9(14)10(16-11(13)15-7)17-4-8(5-18)19-12(2,3)6-17/h8,18H,4-6,14H2,1-3H3. The Labute approximate surface area is 117 Å². The molecule has 6 nitrogen and oxygen atoms in total. The molecule has 1 fully saturated rings. The summed E-state index contributed by atoms with van der Waals surface area (Å²) < 4.78 is 5.77. The number of morpholine rings is 1. The fourth-order valence-corrected chi connectivity index (χ4v) is 2.53. The van der Waals surface area contributed by atoms with Gasteiger partial charge >= 0.3 is 0 Å². The summed E-state index contributed by atoms with van der Waals surface area (Å²) in [5.74, 6) is 0.604. The second-order valence-corrected chi connectivity index (χ2v) is 5.72. The van der Waals surface area contributed by atoms with Crippen molar-refractivity contribution in [1.82, 2.24) is 9.97 Å². The first-order chi connectivity index (χ1) is 8.82.